The highest BCUT2D eigenvalue weighted by Crippen LogP contribution is 2.15. The van der Waals surface area contributed by atoms with Gasteiger partial charge in [-0.15, -0.1) is 0 Å². The molecule has 5 heteroatoms. The third-order valence-electron chi connectivity index (χ3n) is 3.21. The van der Waals surface area contributed by atoms with E-state index in [1.54, 1.807) is 12.1 Å². The summed E-state index contributed by atoms with van der Waals surface area (Å²) in [6, 6.07) is 12.7. The van der Waals surface area contributed by atoms with Crippen LogP contribution >= 0.6 is 0 Å². The Bertz CT molecular complexity index is 593. The maximum absolute atomic E-state index is 12.1. The van der Waals surface area contributed by atoms with Crippen molar-refractivity contribution in [2.24, 2.45) is 0 Å². The molecule has 1 fully saturated rings. The number of carbonyl (C=O) groups excluding carboxylic acids is 1. The Morgan fingerprint density at radius 3 is 2.76 bits per heavy atom. The van der Waals surface area contributed by atoms with E-state index in [0.29, 0.717) is 18.1 Å². The van der Waals surface area contributed by atoms with Gasteiger partial charge in [-0.05, 0) is 18.2 Å². The van der Waals surface area contributed by atoms with E-state index in [1.807, 2.05) is 30.3 Å². The third kappa shape index (κ3) is 3.58. The number of nitrogens with zero attached hydrogens (tertiary/aromatic N) is 1. The van der Waals surface area contributed by atoms with E-state index in [9.17, 15) is 4.79 Å². The van der Waals surface area contributed by atoms with Crippen molar-refractivity contribution in [2.75, 3.05) is 18.5 Å². The summed E-state index contributed by atoms with van der Waals surface area (Å²) in [5.41, 5.74) is 1.25. The molecule has 1 N–H and O–H groups in total. The van der Waals surface area contributed by atoms with E-state index in [0.717, 1.165) is 18.7 Å². The minimum absolute atomic E-state index is 0.0569. The molecule has 1 aromatic carbocycles. The van der Waals surface area contributed by atoms with Crippen LogP contribution in [0.4, 0.5) is 5.69 Å². The van der Waals surface area contributed by atoms with Crippen molar-refractivity contribution in [2.45, 2.75) is 12.5 Å². The van der Waals surface area contributed by atoms with E-state index in [4.69, 9.17) is 9.47 Å². The number of pyridine rings is 1. The summed E-state index contributed by atoms with van der Waals surface area (Å²) in [6.45, 7) is 1.32. The van der Waals surface area contributed by atoms with Gasteiger partial charge in [0.2, 0.25) is 5.88 Å². The molecule has 5 nitrogen and oxygen atoms in total. The zero-order chi connectivity index (χ0) is 14.5. The number of para-hydroxylation sites is 1. The van der Waals surface area contributed by atoms with Crippen LogP contribution < -0.4 is 10.1 Å². The second kappa shape index (κ2) is 6.37. The first kappa shape index (κ1) is 13.6. The molecule has 3 rings (SSSR count). The van der Waals surface area contributed by atoms with Crippen molar-refractivity contribution in [3.63, 3.8) is 0 Å². The maximum atomic E-state index is 12.1. The molecule has 108 valence electrons. The van der Waals surface area contributed by atoms with Gasteiger partial charge in [0.05, 0.1) is 18.8 Å². The highest BCUT2D eigenvalue weighted by molar-refractivity contribution is 6.04. The van der Waals surface area contributed by atoms with E-state index < -0.39 is 0 Å². The van der Waals surface area contributed by atoms with Gasteiger partial charge in [0, 0.05) is 24.4 Å². The van der Waals surface area contributed by atoms with Gasteiger partial charge in [-0.1, -0.05) is 18.2 Å². The fourth-order valence-corrected chi connectivity index (χ4v) is 2.09. The Balaban J connectivity index is 1.62. The van der Waals surface area contributed by atoms with Crippen LogP contribution in [0.15, 0.2) is 48.7 Å². The highest BCUT2D eigenvalue weighted by atomic mass is 16.5. The van der Waals surface area contributed by atoms with E-state index in [1.165, 1.54) is 6.20 Å². The van der Waals surface area contributed by atoms with Crippen LogP contribution in [0.1, 0.15) is 16.8 Å². The quantitative estimate of drug-likeness (QED) is 0.937. The topological polar surface area (TPSA) is 60.5 Å². The zero-order valence-corrected chi connectivity index (χ0v) is 11.5. The standard InChI is InChI=1S/C16H16N2O3/c19-16(18-13-4-2-1-3-5-13)12-6-7-15(17-10-12)21-14-8-9-20-11-14/h1-7,10,14H,8-9,11H2,(H,18,19)/t14-/m0/s1. The smallest absolute Gasteiger partial charge is 0.257 e. The summed E-state index contributed by atoms with van der Waals surface area (Å²) in [5.74, 6) is 0.325. The molecular weight excluding hydrogens is 268 g/mol. The van der Waals surface area contributed by atoms with Gasteiger partial charge in [-0.25, -0.2) is 4.98 Å². The van der Waals surface area contributed by atoms with Crippen LogP contribution in [-0.4, -0.2) is 30.2 Å². The number of benzene rings is 1. The lowest BCUT2D eigenvalue weighted by Crippen LogP contribution is -2.17. The Labute approximate surface area is 122 Å². The first-order valence-corrected chi connectivity index (χ1v) is 6.88. The Hall–Kier alpha value is -2.40. The summed E-state index contributed by atoms with van der Waals surface area (Å²) >= 11 is 0. The van der Waals surface area contributed by atoms with Crippen molar-refractivity contribution in [1.29, 1.82) is 0 Å². The van der Waals surface area contributed by atoms with Crippen molar-refractivity contribution >= 4 is 11.6 Å². The number of anilines is 1. The summed E-state index contributed by atoms with van der Waals surface area (Å²) < 4.78 is 10.9. The summed E-state index contributed by atoms with van der Waals surface area (Å²) in [4.78, 5) is 16.2. The van der Waals surface area contributed by atoms with Gasteiger partial charge >= 0.3 is 0 Å². The predicted molar refractivity (Wildman–Crippen MR) is 78.5 cm³/mol. The van der Waals surface area contributed by atoms with Crippen LogP contribution in [0.25, 0.3) is 0 Å². The molecule has 0 spiro atoms. The van der Waals surface area contributed by atoms with Gasteiger partial charge in [-0.2, -0.15) is 0 Å². The van der Waals surface area contributed by atoms with Crippen LogP contribution in [0.2, 0.25) is 0 Å². The summed E-state index contributed by atoms with van der Waals surface area (Å²) in [6.07, 6.45) is 2.45. The fraction of sp³-hybridized carbons (Fsp3) is 0.250. The lowest BCUT2D eigenvalue weighted by molar-refractivity contribution is 0.102. The number of hydrogen-bond acceptors (Lipinski definition) is 4. The van der Waals surface area contributed by atoms with E-state index >= 15 is 0 Å². The lowest BCUT2D eigenvalue weighted by Gasteiger charge is -2.11. The molecule has 2 aromatic rings. The molecule has 1 aliphatic heterocycles. The molecule has 1 saturated heterocycles. The van der Waals surface area contributed by atoms with Gasteiger partial charge in [0.25, 0.3) is 5.91 Å². The van der Waals surface area contributed by atoms with Crippen LogP contribution in [0.3, 0.4) is 0 Å². The first-order valence-electron chi connectivity index (χ1n) is 6.88. The monoisotopic (exact) mass is 284 g/mol. The molecule has 0 unspecified atom stereocenters. The Morgan fingerprint density at radius 2 is 2.10 bits per heavy atom. The molecule has 1 aliphatic rings. The second-order valence-electron chi connectivity index (χ2n) is 4.81. The first-order chi connectivity index (χ1) is 10.3. The lowest BCUT2D eigenvalue weighted by atomic mass is 10.2. The number of rotatable bonds is 4. The van der Waals surface area contributed by atoms with Gasteiger partial charge in [-0.3, -0.25) is 4.79 Å². The Morgan fingerprint density at radius 1 is 1.24 bits per heavy atom. The van der Waals surface area contributed by atoms with Gasteiger partial charge in [0.1, 0.15) is 6.10 Å². The summed E-state index contributed by atoms with van der Waals surface area (Å²) in [5, 5.41) is 2.81. The molecule has 1 atom stereocenters. The maximum Gasteiger partial charge on any atom is 0.257 e. The van der Waals surface area contributed by atoms with Crippen LogP contribution in [0, 0.1) is 0 Å². The van der Waals surface area contributed by atoms with Crippen LogP contribution in [0.5, 0.6) is 5.88 Å². The van der Waals surface area contributed by atoms with E-state index in [-0.39, 0.29) is 12.0 Å². The zero-order valence-electron chi connectivity index (χ0n) is 11.5. The minimum Gasteiger partial charge on any atom is -0.472 e. The molecule has 1 amide bonds. The average molecular weight is 284 g/mol. The van der Waals surface area contributed by atoms with Crippen molar-refractivity contribution < 1.29 is 14.3 Å². The predicted octanol–water partition coefficient (Wildman–Crippen LogP) is 2.50. The second-order valence-corrected chi connectivity index (χ2v) is 4.81. The molecule has 2 heterocycles. The molecule has 0 radical (unpaired) electrons. The molecular formula is C16H16N2O3. The van der Waals surface area contributed by atoms with Gasteiger partial charge in [0.15, 0.2) is 0 Å². The molecule has 21 heavy (non-hydrogen) atoms. The number of ether oxygens (including phenoxy) is 2. The Kier molecular flexibility index (Phi) is 4.12. The third-order valence-corrected chi connectivity index (χ3v) is 3.21. The van der Waals surface area contributed by atoms with Crippen molar-refractivity contribution in [3.05, 3.63) is 54.2 Å². The molecule has 0 bridgehead atoms. The normalized spacial score (nSPS) is 17.4. The number of carbonyl (C=O) groups is 1. The summed E-state index contributed by atoms with van der Waals surface area (Å²) in [7, 11) is 0. The molecule has 0 saturated carbocycles. The molecule has 0 aliphatic carbocycles. The molecule has 1 aromatic heterocycles. The van der Waals surface area contributed by atoms with Gasteiger partial charge < -0.3 is 14.8 Å². The number of aromatic nitrogens is 1. The number of nitrogens with one attached hydrogen (secondary N) is 1. The van der Waals surface area contributed by atoms with E-state index in [2.05, 4.69) is 10.3 Å². The average Bonchev–Trinajstić information content (AvgIpc) is 3.02. The SMILES string of the molecule is O=C(Nc1ccccc1)c1ccc(O[C@H]2CCOC2)nc1. The minimum atomic E-state index is -0.190. The fourth-order valence-electron chi connectivity index (χ4n) is 2.09. The number of hydrogen-bond donors (Lipinski definition) is 1. The highest BCUT2D eigenvalue weighted by Gasteiger charge is 2.17. The van der Waals surface area contributed by atoms with Crippen molar-refractivity contribution in [3.8, 4) is 5.88 Å². The van der Waals surface area contributed by atoms with Crippen LogP contribution in [-0.2, 0) is 4.74 Å². The van der Waals surface area contributed by atoms with Crippen molar-refractivity contribution in [1.82, 2.24) is 4.98 Å². The number of amides is 1. The largest absolute Gasteiger partial charge is 0.472 e.